The van der Waals surface area contributed by atoms with Gasteiger partial charge in [0.2, 0.25) is 11.8 Å². The number of nitriles is 1. The molecule has 51 heavy (non-hydrogen) atoms. The van der Waals surface area contributed by atoms with Crippen LogP contribution in [0.4, 0.5) is 5.69 Å². The van der Waals surface area contributed by atoms with Crippen LogP contribution in [0, 0.1) is 23.2 Å². The van der Waals surface area contributed by atoms with Crippen molar-refractivity contribution in [1.82, 2.24) is 15.2 Å². The van der Waals surface area contributed by atoms with Gasteiger partial charge in [-0.1, -0.05) is 62.4 Å². The van der Waals surface area contributed by atoms with Crippen LogP contribution in [0.3, 0.4) is 0 Å². The molecule has 1 aliphatic heterocycles. The number of carbonyl (C=O) groups excluding carboxylic acids is 2. The van der Waals surface area contributed by atoms with Gasteiger partial charge in [0.15, 0.2) is 0 Å². The Morgan fingerprint density at radius 3 is 2.57 bits per heavy atom. The molecule has 11 heteroatoms. The molecule has 1 saturated carbocycles. The second-order valence-electron chi connectivity index (χ2n) is 13.5. The summed E-state index contributed by atoms with van der Waals surface area (Å²) in [6.45, 7) is 7.64. The Hall–Kier alpha value is -5.89. The van der Waals surface area contributed by atoms with Crippen LogP contribution in [0.2, 0.25) is 0 Å². The van der Waals surface area contributed by atoms with Gasteiger partial charge in [-0.05, 0) is 42.2 Å². The number of amides is 2. The van der Waals surface area contributed by atoms with Crippen molar-refractivity contribution >= 4 is 34.4 Å². The molecular weight excluding hydrogens is 646 g/mol. The van der Waals surface area contributed by atoms with Crippen molar-refractivity contribution in [1.29, 1.82) is 5.26 Å². The largest absolute Gasteiger partial charge is 0.497 e. The van der Waals surface area contributed by atoms with Gasteiger partial charge in [0.05, 0.1) is 37.4 Å². The number of benzene rings is 3. The number of anilines is 1. The van der Waals surface area contributed by atoms with Gasteiger partial charge in [-0.25, -0.2) is 9.78 Å². The smallest absolute Gasteiger partial charge is 0.330 e. The van der Waals surface area contributed by atoms with Crippen molar-refractivity contribution in [2.75, 3.05) is 19.0 Å². The van der Waals surface area contributed by atoms with E-state index in [0.717, 1.165) is 16.5 Å². The van der Waals surface area contributed by atoms with E-state index in [1.165, 1.54) is 11.0 Å². The Morgan fingerprint density at radius 2 is 1.90 bits per heavy atom. The molecule has 1 aromatic heterocycles. The van der Waals surface area contributed by atoms with Crippen molar-refractivity contribution in [2.24, 2.45) is 11.8 Å². The summed E-state index contributed by atoms with van der Waals surface area (Å²) in [4.78, 5) is 47.2. The zero-order valence-electron chi connectivity index (χ0n) is 28.8. The molecule has 11 nitrogen and oxygen atoms in total. The predicted octanol–water partition coefficient (Wildman–Crippen LogP) is 5.61. The highest BCUT2D eigenvalue weighted by atomic mass is 16.5. The normalized spacial score (nSPS) is 21.4. The second-order valence-corrected chi connectivity index (χ2v) is 13.5. The summed E-state index contributed by atoms with van der Waals surface area (Å²) in [6.07, 6.45) is 1.51. The van der Waals surface area contributed by atoms with Crippen molar-refractivity contribution in [3.05, 3.63) is 97.1 Å². The van der Waals surface area contributed by atoms with E-state index in [0.29, 0.717) is 28.4 Å². The molecule has 6 rings (SSSR count). The summed E-state index contributed by atoms with van der Waals surface area (Å²) in [5.41, 5.74) is 2.24. The maximum absolute atomic E-state index is 14.5. The summed E-state index contributed by atoms with van der Waals surface area (Å²) < 4.78 is 12.1. The zero-order chi connectivity index (χ0) is 36.3. The number of hydrogen-bond acceptors (Lipinski definition) is 8. The third-order valence-electron chi connectivity index (χ3n) is 9.68. The fourth-order valence-corrected chi connectivity index (χ4v) is 6.76. The zero-order valence-corrected chi connectivity index (χ0v) is 28.8. The van der Waals surface area contributed by atoms with Crippen LogP contribution in [0.1, 0.15) is 32.3 Å². The SMILES string of the molecule is C=C[C@H]1CC1(NC(=O)[C@@H]1C[C@@H](Oc2cc(-c3ccccc3)nc3cc(OC)ccc23)CN1C(=O)[C@@H](Nc1cccc(CC#N)c1)C(C)C)C(=O)O. The summed E-state index contributed by atoms with van der Waals surface area (Å²) in [5.74, 6) is -1.47. The van der Waals surface area contributed by atoms with Crippen LogP contribution in [0.15, 0.2) is 91.5 Å². The average Bonchev–Trinajstić information content (AvgIpc) is 3.69. The number of rotatable bonds is 13. The number of carboxylic acid groups (broad SMARTS) is 1. The van der Waals surface area contributed by atoms with Gasteiger partial charge >= 0.3 is 5.97 Å². The Kier molecular flexibility index (Phi) is 9.96. The number of hydrogen-bond donors (Lipinski definition) is 3. The Morgan fingerprint density at radius 1 is 1.12 bits per heavy atom. The minimum Gasteiger partial charge on any atom is -0.497 e. The Bertz CT molecular complexity index is 2010. The summed E-state index contributed by atoms with van der Waals surface area (Å²) in [6, 6.07) is 24.8. The number of methoxy groups -OCH3 is 1. The Labute approximate surface area is 296 Å². The topological polar surface area (TPSA) is 154 Å². The molecule has 262 valence electrons. The number of aliphatic carboxylic acids is 1. The number of likely N-dealkylation sites (tertiary alicyclic amines) is 1. The molecule has 2 amide bonds. The van der Waals surface area contributed by atoms with E-state index < -0.39 is 41.5 Å². The molecule has 4 aromatic rings. The number of pyridine rings is 1. The van der Waals surface area contributed by atoms with E-state index >= 15 is 0 Å². The van der Waals surface area contributed by atoms with E-state index in [1.807, 2.05) is 92.7 Å². The second kappa shape index (κ2) is 14.5. The molecule has 0 radical (unpaired) electrons. The van der Waals surface area contributed by atoms with E-state index in [4.69, 9.17) is 14.5 Å². The molecular formula is C40H41N5O6. The first kappa shape index (κ1) is 35.0. The van der Waals surface area contributed by atoms with E-state index in [2.05, 4.69) is 23.3 Å². The highest BCUT2D eigenvalue weighted by molar-refractivity contribution is 5.96. The third kappa shape index (κ3) is 7.22. The van der Waals surface area contributed by atoms with Crippen LogP contribution < -0.4 is 20.1 Å². The van der Waals surface area contributed by atoms with Gasteiger partial charge in [-0.3, -0.25) is 9.59 Å². The predicted molar refractivity (Wildman–Crippen MR) is 193 cm³/mol. The number of nitrogens with one attached hydrogen (secondary N) is 2. The lowest BCUT2D eigenvalue weighted by Crippen LogP contribution is -2.55. The maximum atomic E-state index is 14.5. The van der Waals surface area contributed by atoms with Crippen LogP contribution in [-0.4, -0.2) is 70.2 Å². The van der Waals surface area contributed by atoms with Crippen LogP contribution >= 0.6 is 0 Å². The minimum absolute atomic E-state index is 0.0852. The Balaban J connectivity index is 1.34. The lowest BCUT2D eigenvalue weighted by atomic mass is 10.0. The summed E-state index contributed by atoms with van der Waals surface area (Å²) in [7, 11) is 1.59. The molecule has 5 atom stereocenters. The molecule has 1 unspecified atom stereocenters. The van der Waals surface area contributed by atoms with Crippen molar-refractivity contribution in [2.45, 2.75) is 56.8 Å². The van der Waals surface area contributed by atoms with Gasteiger partial charge < -0.3 is 30.1 Å². The molecule has 1 aliphatic carbocycles. The molecule has 0 spiro atoms. The van der Waals surface area contributed by atoms with E-state index in [1.54, 1.807) is 7.11 Å². The quantitative estimate of drug-likeness (QED) is 0.152. The van der Waals surface area contributed by atoms with E-state index in [9.17, 15) is 24.8 Å². The molecule has 0 bridgehead atoms. The molecule has 1 saturated heterocycles. The fraction of sp³-hybridized carbons (Fsp3) is 0.325. The molecule has 2 heterocycles. The lowest BCUT2D eigenvalue weighted by Gasteiger charge is -2.31. The number of ether oxygens (including phenoxy) is 2. The van der Waals surface area contributed by atoms with Crippen LogP contribution in [-0.2, 0) is 20.8 Å². The first-order valence-electron chi connectivity index (χ1n) is 17.0. The number of carboxylic acids is 1. The summed E-state index contributed by atoms with van der Waals surface area (Å²) in [5, 5.41) is 26.1. The van der Waals surface area contributed by atoms with Gasteiger partial charge in [0.25, 0.3) is 0 Å². The van der Waals surface area contributed by atoms with Gasteiger partial charge in [0, 0.05) is 41.1 Å². The lowest BCUT2D eigenvalue weighted by molar-refractivity contribution is -0.145. The fourth-order valence-electron chi connectivity index (χ4n) is 6.76. The highest BCUT2D eigenvalue weighted by Gasteiger charge is 2.61. The number of carbonyl (C=O) groups is 3. The molecule has 2 aliphatic rings. The summed E-state index contributed by atoms with van der Waals surface area (Å²) >= 11 is 0. The van der Waals surface area contributed by atoms with Crippen LogP contribution in [0.25, 0.3) is 22.2 Å². The van der Waals surface area contributed by atoms with Crippen LogP contribution in [0.5, 0.6) is 11.5 Å². The van der Waals surface area contributed by atoms with Crippen molar-refractivity contribution < 1.29 is 29.0 Å². The number of nitrogens with zero attached hydrogens (tertiary/aromatic N) is 3. The van der Waals surface area contributed by atoms with Gasteiger partial charge in [-0.2, -0.15) is 5.26 Å². The molecule has 3 N–H and O–H groups in total. The minimum atomic E-state index is -1.46. The molecule has 2 fully saturated rings. The number of aromatic nitrogens is 1. The van der Waals surface area contributed by atoms with Crippen molar-refractivity contribution in [3.8, 4) is 28.8 Å². The first-order chi connectivity index (χ1) is 24.6. The third-order valence-corrected chi connectivity index (χ3v) is 9.68. The highest BCUT2D eigenvalue weighted by Crippen LogP contribution is 2.45. The standard InChI is InChI=1S/C40H41N5O6/c1-5-27-22-40(27,39(48)49)44-37(46)34-20-30(23-45(34)38(47)36(24(2)3)42-28-13-9-10-25(18-28)16-17-41)51-35-21-32(26-11-7-6-8-12-26)43-33-19-29(50-4)14-15-31(33)35/h5-15,18-19,21,24,27,30,34,36,42H,1,16,20,22-23H2,2-4H3,(H,44,46)(H,48,49)/t27-,30+,34-,36-,40?/m0/s1. The average molecular weight is 688 g/mol. The molecule has 3 aromatic carbocycles. The number of fused-ring (bicyclic) bond motifs is 1. The van der Waals surface area contributed by atoms with E-state index in [-0.39, 0.29) is 37.6 Å². The van der Waals surface area contributed by atoms with Gasteiger partial charge in [-0.15, -0.1) is 6.58 Å². The monoisotopic (exact) mass is 687 g/mol. The maximum Gasteiger partial charge on any atom is 0.330 e. The van der Waals surface area contributed by atoms with Crippen molar-refractivity contribution in [3.63, 3.8) is 0 Å². The van der Waals surface area contributed by atoms with Gasteiger partial charge in [0.1, 0.15) is 35.2 Å². The first-order valence-corrected chi connectivity index (χ1v) is 17.0.